The number of benzene rings is 1. The van der Waals surface area contributed by atoms with Crippen LogP contribution in [0.1, 0.15) is 47.8 Å². The van der Waals surface area contributed by atoms with Crippen LogP contribution < -0.4 is 15.6 Å². The second-order valence-electron chi connectivity index (χ2n) is 5.69. The van der Waals surface area contributed by atoms with E-state index in [0.29, 0.717) is 12.2 Å². The van der Waals surface area contributed by atoms with Crippen LogP contribution in [0.4, 0.5) is 0 Å². The molecule has 0 unspecified atom stereocenters. The topological polar surface area (TPSA) is 67.4 Å². The van der Waals surface area contributed by atoms with Gasteiger partial charge in [-0.05, 0) is 42.1 Å². The predicted molar refractivity (Wildman–Crippen MR) is 99.7 cm³/mol. The summed E-state index contributed by atoms with van der Waals surface area (Å²) in [4.78, 5) is 24.7. The molecule has 2 aromatic rings. The van der Waals surface area contributed by atoms with Crippen molar-refractivity contribution >= 4 is 23.2 Å². The maximum atomic E-state index is 12.0. The number of carbonyl (C=O) groups is 2. The molecule has 0 saturated carbocycles. The molecule has 0 aliphatic rings. The summed E-state index contributed by atoms with van der Waals surface area (Å²) >= 11 is 1.51. The minimum absolute atomic E-state index is 0.247. The summed E-state index contributed by atoms with van der Waals surface area (Å²) in [6.07, 6.45) is 4.88. The Morgan fingerprint density at radius 1 is 1.04 bits per heavy atom. The van der Waals surface area contributed by atoms with E-state index in [0.717, 1.165) is 17.0 Å². The lowest BCUT2D eigenvalue weighted by Crippen LogP contribution is -2.42. The van der Waals surface area contributed by atoms with E-state index in [4.69, 9.17) is 4.74 Å². The van der Waals surface area contributed by atoms with Crippen molar-refractivity contribution in [1.82, 2.24) is 10.9 Å². The van der Waals surface area contributed by atoms with E-state index >= 15 is 0 Å². The Kier molecular flexibility index (Phi) is 7.98. The molecule has 0 aliphatic carbocycles. The van der Waals surface area contributed by atoms with E-state index in [1.54, 1.807) is 24.3 Å². The first-order chi connectivity index (χ1) is 12.2. The van der Waals surface area contributed by atoms with Crippen LogP contribution in [0.5, 0.6) is 5.75 Å². The zero-order chi connectivity index (χ0) is 17.9. The quantitative estimate of drug-likeness (QED) is 0.529. The molecule has 0 atom stereocenters. The van der Waals surface area contributed by atoms with Gasteiger partial charge in [-0.15, -0.1) is 11.3 Å². The molecule has 2 N–H and O–H groups in total. The summed E-state index contributed by atoms with van der Waals surface area (Å²) < 4.78 is 5.64. The fourth-order valence-electron chi connectivity index (χ4n) is 2.24. The molecule has 0 saturated heterocycles. The molecule has 25 heavy (non-hydrogen) atoms. The van der Waals surface area contributed by atoms with Gasteiger partial charge in [0, 0.05) is 10.4 Å². The molecule has 1 heterocycles. The van der Waals surface area contributed by atoms with E-state index in [1.165, 1.54) is 30.6 Å². The van der Waals surface area contributed by atoms with Gasteiger partial charge in [0.1, 0.15) is 5.75 Å². The first-order valence-corrected chi connectivity index (χ1v) is 9.41. The molecule has 0 spiro atoms. The molecule has 0 fully saturated rings. The van der Waals surface area contributed by atoms with Gasteiger partial charge in [-0.25, -0.2) is 0 Å². The van der Waals surface area contributed by atoms with E-state index < -0.39 is 0 Å². The highest BCUT2D eigenvalue weighted by molar-refractivity contribution is 7.10. The molecule has 5 nitrogen and oxygen atoms in total. The summed E-state index contributed by atoms with van der Waals surface area (Å²) in [5.41, 5.74) is 5.31. The van der Waals surface area contributed by atoms with Gasteiger partial charge in [0.15, 0.2) is 0 Å². The van der Waals surface area contributed by atoms with Gasteiger partial charge in [-0.2, -0.15) is 0 Å². The van der Waals surface area contributed by atoms with Crippen LogP contribution in [0.25, 0.3) is 0 Å². The minimum atomic E-state index is -0.353. The number of amides is 2. The molecule has 2 amide bonds. The van der Waals surface area contributed by atoms with Crippen LogP contribution in [0.3, 0.4) is 0 Å². The van der Waals surface area contributed by atoms with Crippen molar-refractivity contribution in [2.45, 2.75) is 39.0 Å². The average molecular weight is 360 g/mol. The highest BCUT2D eigenvalue weighted by atomic mass is 32.1. The van der Waals surface area contributed by atoms with Gasteiger partial charge in [-0.3, -0.25) is 20.4 Å². The van der Waals surface area contributed by atoms with Crippen molar-refractivity contribution < 1.29 is 14.3 Å². The first kappa shape index (κ1) is 19.0. The first-order valence-electron chi connectivity index (χ1n) is 8.53. The van der Waals surface area contributed by atoms with Crippen molar-refractivity contribution in [1.29, 1.82) is 0 Å². The number of hydrogen-bond donors (Lipinski definition) is 2. The van der Waals surface area contributed by atoms with Crippen LogP contribution in [0.2, 0.25) is 0 Å². The average Bonchev–Trinajstić information content (AvgIpc) is 3.13. The van der Waals surface area contributed by atoms with Gasteiger partial charge in [0.25, 0.3) is 5.91 Å². The standard InChI is InChI=1S/C19H24N2O3S/c1-2-3-4-5-12-24-16-10-8-15(9-11-16)19(23)21-20-18(22)14-17-7-6-13-25-17/h6-11,13H,2-5,12,14H2,1H3,(H,20,22)(H,21,23). The Hall–Kier alpha value is -2.34. The third-order valence-electron chi connectivity index (χ3n) is 3.61. The highest BCUT2D eigenvalue weighted by Crippen LogP contribution is 2.13. The smallest absolute Gasteiger partial charge is 0.269 e. The van der Waals surface area contributed by atoms with Crippen molar-refractivity contribution in [2.75, 3.05) is 6.61 Å². The number of hydrogen-bond acceptors (Lipinski definition) is 4. The van der Waals surface area contributed by atoms with Crippen molar-refractivity contribution in [3.05, 3.63) is 52.2 Å². The van der Waals surface area contributed by atoms with Crippen LogP contribution in [0, 0.1) is 0 Å². The van der Waals surface area contributed by atoms with Crippen LogP contribution >= 0.6 is 11.3 Å². The molecule has 1 aromatic heterocycles. The Morgan fingerprint density at radius 2 is 1.84 bits per heavy atom. The number of nitrogens with one attached hydrogen (secondary N) is 2. The Morgan fingerprint density at radius 3 is 2.52 bits per heavy atom. The third-order valence-corrected chi connectivity index (χ3v) is 4.49. The summed E-state index contributed by atoms with van der Waals surface area (Å²) in [5.74, 6) is 0.145. The summed E-state index contributed by atoms with van der Waals surface area (Å²) in [7, 11) is 0. The van der Waals surface area contributed by atoms with Crippen LogP contribution in [-0.2, 0) is 11.2 Å². The van der Waals surface area contributed by atoms with Gasteiger partial charge >= 0.3 is 0 Å². The number of ether oxygens (including phenoxy) is 1. The molecule has 0 aliphatic heterocycles. The lowest BCUT2D eigenvalue weighted by Gasteiger charge is -2.08. The highest BCUT2D eigenvalue weighted by Gasteiger charge is 2.08. The number of hydrazine groups is 1. The lowest BCUT2D eigenvalue weighted by atomic mass is 10.2. The van der Waals surface area contributed by atoms with Gasteiger partial charge in [0.05, 0.1) is 13.0 Å². The van der Waals surface area contributed by atoms with Crippen LogP contribution in [0.15, 0.2) is 41.8 Å². The number of unbranched alkanes of at least 4 members (excludes halogenated alkanes) is 3. The van der Waals surface area contributed by atoms with Gasteiger partial charge < -0.3 is 4.74 Å². The van der Waals surface area contributed by atoms with E-state index in [-0.39, 0.29) is 18.2 Å². The molecule has 0 radical (unpaired) electrons. The van der Waals surface area contributed by atoms with E-state index in [1.807, 2.05) is 17.5 Å². The molecule has 0 bridgehead atoms. The maximum Gasteiger partial charge on any atom is 0.269 e. The van der Waals surface area contributed by atoms with Crippen molar-refractivity contribution in [3.63, 3.8) is 0 Å². The summed E-state index contributed by atoms with van der Waals surface area (Å²) in [6, 6.07) is 10.7. The molecule has 134 valence electrons. The molecule has 1 aromatic carbocycles. The second-order valence-corrected chi connectivity index (χ2v) is 6.72. The number of carbonyl (C=O) groups excluding carboxylic acids is 2. The fraction of sp³-hybridized carbons (Fsp3) is 0.368. The van der Waals surface area contributed by atoms with Gasteiger partial charge in [-0.1, -0.05) is 32.3 Å². The third kappa shape index (κ3) is 6.97. The summed E-state index contributed by atoms with van der Waals surface area (Å²) in [6.45, 7) is 2.86. The zero-order valence-electron chi connectivity index (χ0n) is 14.4. The van der Waals surface area contributed by atoms with Gasteiger partial charge in [0.2, 0.25) is 5.91 Å². The molecule has 2 rings (SSSR count). The fourth-order valence-corrected chi connectivity index (χ4v) is 2.94. The zero-order valence-corrected chi connectivity index (χ0v) is 15.2. The Bertz CT molecular complexity index is 654. The molecular weight excluding hydrogens is 336 g/mol. The number of thiophene rings is 1. The number of rotatable bonds is 9. The maximum absolute atomic E-state index is 12.0. The Labute approximate surface area is 152 Å². The summed E-state index contributed by atoms with van der Waals surface area (Å²) in [5, 5.41) is 1.91. The van der Waals surface area contributed by atoms with E-state index in [9.17, 15) is 9.59 Å². The van der Waals surface area contributed by atoms with Crippen molar-refractivity contribution in [3.8, 4) is 5.75 Å². The normalized spacial score (nSPS) is 10.3. The van der Waals surface area contributed by atoms with E-state index in [2.05, 4.69) is 17.8 Å². The minimum Gasteiger partial charge on any atom is -0.494 e. The predicted octanol–water partition coefficient (Wildman–Crippen LogP) is 3.71. The lowest BCUT2D eigenvalue weighted by molar-refractivity contribution is -0.121. The SMILES string of the molecule is CCCCCCOc1ccc(C(=O)NNC(=O)Cc2cccs2)cc1. The van der Waals surface area contributed by atoms with Crippen molar-refractivity contribution in [2.24, 2.45) is 0 Å². The largest absolute Gasteiger partial charge is 0.494 e. The molecular formula is C19H24N2O3S. The van der Waals surface area contributed by atoms with Crippen LogP contribution in [-0.4, -0.2) is 18.4 Å². The monoisotopic (exact) mass is 360 g/mol. The molecule has 6 heteroatoms. The second kappa shape index (κ2) is 10.5. The Balaban J connectivity index is 1.71.